The largest absolute Gasteiger partial charge is 0.492 e. The minimum atomic E-state index is 0.616. The van der Waals surface area contributed by atoms with E-state index in [1.807, 2.05) is 18.2 Å². The highest BCUT2D eigenvalue weighted by molar-refractivity contribution is 5.30. The first-order chi connectivity index (χ1) is 15.7. The summed E-state index contributed by atoms with van der Waals surface area (Å²) in [4.78, 5) is 2.48. The van der Waals surface area contributed by atoms with Gasteiger partial charge in [0.05, 0.1) is 0 Å². The lowest BCUT2D eigenvalue weighted by molar-refractivity contribution is 0.154. The van der Waals surface area contributed by atoms with Crippen LogP contribution in [-0.4, -0.2) is 31.1 Å². The van der Waals surface area contributed by atoms with Gasteiger partial charge in [-0.1, -0.05) is 60.2 Å². The summed E-state index contributed by atoms with van der Waals surface area (Å²) in [6, 6.07) is 28.0. The van der Waals surface area contributed by atoms with Crippen LogP contribution in [-0.2, 0) is 6.61 Å². The van der Waals surface area contributed by atoms with Crippen LogP contribution in [0.3, 0.4) is 0 Å². The van der Waals surface area contributed by atoms with Crippen LogP contribution in [0.5, 0.6) is 11.5 Å². The van der Waals surface area contributed by atoms with Crippen molar-refractivity contribution >= 4 is 0 Å². The number of hydrogen-bond donors (Lipinski definition) is 0. The molecule has 0 N–H and O–H groups in total. The molecule has 3 aromatic rings. The second-order valence-electron chi connectivity index (χ2n) is 8.99. The van der Waals surface area contributed by atoms with Gasteiger partial charge in [-0.05, 0) is 81.0 Å². The Balaban J connectivity index is 1.18. The fourth-order valence-corrected chi connectivity index (χ4v) is 4.55. The van der Waals surface area contributed by atoms with Crippen LogP contribution < -0.4 is 9.47 Å². The first kappa shape index (κ1) is 22.4. The second kappa shape index (κ2) is 11.2. The molecule has 4 rings (SSSR count). The maximum atomic E-state index is 5.94. The smallest absolute Gasteiger partial charge is 0.119 e. The van der Waals surface area contributed by atoms with Gasteiger partial charge < -0.3 is 14.4 Å². The van der Waals surface area contributed by atoms with E-state index in [4.69, 9.17) is 9.47 Å². The van der Waals surface area contributed by atoms with Crippen LogP contribution in [0, 0.1) is 6.92 Å². The van der Waals surface area contributed by atoms with E-state index in [1.54, 1.807) is 0 Å². The van der Waals surface area contributed by atoms with Crippen molar-refractivity contribution in [1.82, 2.24) is 4.90 Å². The van der Waals surface area contributed by atoms with Crippen molar-refractivity contribution in [1.29, 1.82) is 0 Å². The number of benzene rings is 3. The minimum Gasteiger partial charge on any atom is -0.492 e. The second-order valence-corrected chi connectivity index (χ2v) is 8.99. The zero-order chi connectivity index (χ0) is 22.2. The molecule has 0 saturated heterocycles. The zero-order valence-electron chi connectivity index (χ0n) is 19.4. The van der Waals surface area contributed by atoms with Gasteiger partial charge in [0.1, 0.15) is 24.7 Å². The monoisotopic (exact) mass is 429 g/mol. The summed E-state index contributed by atoms with van der Waals surface area (Å²) in [6.45, 7) is 4.42. The Morgan fingerprint density at radius 1 is 0.750 bits per heavy atom. The summed E-state index contributed by atoms with van der Waals surface area (Å²) in [7, 11) is 2.24. The first-order valence-electron chi connectivity index (χ1n) is 11.8. The summed E-state index contributed by atoms with van der Waals surface area (Å²) < 4.78 is 11.9. The number of rotatable bonds is 9. The third-order valence-electron chi connectivity index (χ3n) is 6.65. The van der Waals surface area contributed by atoms with Gasteiger partial charge in [-0.3, -0.25) is 0 Å². The molecule has 1 saturated carbocycles. The number of likely N-dealkylation sites (N-methyl/N-ethyl adjacent to an activating group) is 1. The van der Waals surface area contributed by atoms with Crippen molar-refractivity contribution in [3.05, 3.63) is 95.6 Å². The van der Waals surface area contributed by atoms with Crippen molar-refractivity contribution in [2.24, 2.45) is 0 Å². The van der Waals surface area contributed by atoms with Gasteiger partial charge >= 0.3 is 0 Å². The third-order valence-corrected chi connectivity index (χ3v) is 6.65. The predicted molar refractivity (Wildman–Crippen MR) is 132 cm³/mol. The molecule has 1 fully saturated rings. The lowest BCUT2D eigenvalue weighted by Crippen LogP contribution is -2.37. The third kappa shape index (κ3) is 6.37. The molecular formula is C29H35NO2. The van der Waals surface area contributed by atoms with Gasteiger partial charge in [0, 0.05) is 12.6 Å². The van der Waals surface area contributed by atoms with E-state index in [0.29, 0.717) is 18.6 Å². The molecule has 1 aliphatic carbocycles. The molecule has 0 radical (unpaired) electrons. The van der Waals surface area contributed by atoms with Gasteiger partial charge in [0.2, 0.25) is 0 Å². The predicted octanol–water partition coefficient (Wildman–Crippen LogP) is 6.61. The summed E-state index contributed by atoms with van der Waals surface area (Å²) >= 11 is 0. The van der Waals surface area contributed by atoms with Crippen molar-refractivity contribution in [3.8, 4) is 11.5 Å². The highest BCUT2D eigenvalue weighted by Crippen LogP contribution is 2.35. The lowest BCUT2D eigenvalue weighted by Gasteiger charge is -2.34. The molecule has 0 spiro atoms. The van der Waals surface area contributed by atoms with E-state index in [0.717, 1.165) is 24.7 Å². The maximum Gasteiger partial charge on any atom is 0.119 e. The Morgan fingerprint density at radius 3 is 2.06 bits per heavy atom. The van der Waals surface area contributed by atoms with Gasteiger partial charge in [-0.15, -0.1) is 0 Å². The fourth-order valence-electron chi connectivity index (χ4n) is 4.55. The van der Waals surface area contributed by atoms with Crippen LogP contribution in [0.4, 0.5) is 0 Å². The Bertz CT molecular complexity index is 929. The molecule has 0 bridgehead atoms. The molecular weight excluding hydrogens is 394 g/mol. The van der Waals surface area contributed by atoms with E-state index >= 15 is 0 Å². The molecule has 3 heteroatoms. The molecule has 0 atom stereocenters. The lowest BCUT2D eigenvalue weighted by atomic mass is 9.81. The highest BCUT2D eigenvalue weighted by atomic mass is 16.5. The molecule has 32 heavy (non-hydrogen) atoms. The van der Waals surface area contributed by atoms with E-state index in [9.17, 15) is 0 Å². The molecule has 0 unspecified atom stereocenters. The average Bonchev–Trinajstić information content (AvgIpc) is 2.85. The maximum absolute atomic E-state index is 5.94. The van der Waals surface area contributed by atoms with Crippen molar-refractivity contribution < 1.29 is 9.47 Å². The van der Waals surface area contributed by atoms with Crippen LogP contribution >= 0.6 is 0 Å². The SMILES string of the molecule is Cc1ccc(OCCN(C)[C@H]2CC[C@H](c3ccc(OCc4ccccc4)cc3)CC2)cc1. The van der Waals surface area contributed by atoms with Gasteiger partial charge in [-0.2, -0.15) is 0 Å². The Labute approximate surface area is 193 Å². The van der Waals surface area contributed by atoms with Crippen LogP contribution in [0.25, 0.3) is 0 Å². The summed E-state index contributed by atoms with van der Waals surface area (Å²) in [5.41, 5.74) is 3.91. The fraction of sp³-hybridized carbons (Fsp3) is 0.379. The van der Waals surface area contributed by atoms with Crippen molar-refractivity contribution in [3.63, 3.8) is 0 Å². The molecule has 3 aromatic carbocycles. The number of nitrogens with zero attached hydrogens (tertiary/aromatic N) is 1. The van der Waals surface area contributed by atoms with Crippen LogP contribution in [0.1, 0.15) is 48.3 Å². The normalized spacial score (nSPS) is 18.5. The van der Waals surface area contributed by atoms with Crippen molar-refractivity contribution in [2.75, 3.05) is 20.2 Å². The average molecular weight is 430 g/mol. The van der Waals surface area contributed by atoms with E-state index in [-0.39, 0.29) is 0 Å². The Kier molecular flexibility index (Phi) is 7.84. The van der Waals surface area contributed by atoms with Gasteiger partial charge in [-0.25, -0.2) is 0 Å². The zero-order valence-corrected chi connectivity index (χ0v) is 19.4. The molecule has 0 aromatic heterocycles. The highest BCUT2D eigenvalue weighted by Gasteiger charge is 2.24. The quantitative estimate of drug-likeness (QED) is 0.382. The molecule has 0 heterocycles. The van der Waals surface area contributed by atoms with Gasteiger partial charge in [0.15, 0.2) is 0 Å². The Morgan fingerprint density at radius 2 is 1.38 bits per heavy atom. The molecule has 0 amide bonds. The molecule has 1 aliphatic rings. The molecule has 168 valence electrons. The number of hydrogen-bond acceptors (Lipinski definition) is 3. The minimum absolute atomic E-state index is 0.616. The van der Waals surface area contributed by atoms with E-state index in [1.165, 1.54) is 42.4 Å². The number of aryl methyl sites for hydroxylation is 1. The van der Waals surface area contributed by atoms with Gasteiger partial charge in [0.25, 0.3) is 0 Å². The molecule has 0 aliphatic heterocycles. The summed E-state index contributed by atoms with van der Waals surface area (Å²) in [6.07, 6.45) is 4.99. The first-order valence-corrected chi connectivity index (χ1v) is 11.8. The van der Waals surface area contributed by atoms with Crippen LogP contribution in [0.15, 0.2) is 78.9 Å². The van der Waals surface area contributed by atoms with Crippen molar-refractivity contribution in [2.45, 2.75) is 51.2 Å². The van der Waals surface area contributed by atoms with Crippen LogP contribution in [0.2, 0.25) is 0 Å². The topological polar surface area (TPSA) is 21.7 Å². The standard InChI is InChI=1S/C29H35NO2/c1-23-8-16-28(17-9-23)31-21-20-30(2)27-14-10-25(11-15-27)26-12-18-29(19-13-26)32-22-24-6-4-3-5-7-24/h3-9,12-13,16-19,25,27H,10-11,14-15,20-22H2,1-2H3/t25-,27-. The Hall–Kier alpha value is -2.78. The van der Waals surface area contributed by atoms with E-state index in [2.05, 4.69) is 79.5 Å². The van der Waals surface area contributed by atoms with E-state index < -0.39 is 0 Å². The summed E-state index contributed by atoms with van der Waals surface area (Å²) in [5.74, 6) is 2.56. The summed E-state index contributed by atoms with van der Waals surface area (Å²) in [5, 5.41) is 0. The number of ether oxygens (including phenoxy) is 2. The molecule has 3 nitrogen and oxygen atoms in total.